The molecule has 0 aliphatic carbocycles. The fraction of sp³-hybridized carbons (Fsp3) is 0.364. The lowest BCUT2D eigenvalue weighted by atomic mass is 10.1. The Morgan fingerprint density at radius 2 is 2.07 bits per heavy atom. The molecule has 0 bridgehead atoms. The van der Waals surface area contributed by atoms with Crippen LogP contribution in [-0.2, 0) is 16.0 Å². The van der Waals surface area contributed by atoms with E-state index in [-0.39, 0.29) is 5.97 Å². The van der Waals surface area contributed by atoms with Crippen molar-refractivity contribution >= 4 is 23.4 Å². The first-order valence-electron chi connectivity index (χ1n) is 4.71. The zero-order valence-electron chi connectivity index (χ0n) is 8.73. The maximum Gasteiger partial charge on any atom is 0.310 e. The molecule has 0 unspecified atom stereocenters. The molecule has 0 aliphatic heterocycles. The van der Waals surface area contributed by atoms with Crippen molar-refractivity contribution < 1.29 is 9.53 Å². The van der Waals surface area contributed by atoms with E-state index < -0.39 is 0 Å². The third-order valence-electron chi connectivity index (χ3n) is 1.88. The second-order valence-corrected chi connectivity index (χ2v) is 4.12. The third kappa shape index (κ3) is 4.74. The number of thioether (sulfide) groups is 1. The van der Waals surface area contributed by atoms with E-state index in [1.807, 2.05) is 18.4 Å². The van der Waals surface area contributed by atoms with E-state index in [2.05, 4.69) is 0 Å². The van der Waals surface area contributed by atoms with Gasteiger partial charge in [0.25, 0.3) is 0 Å². The fourth-order valence-corrected chi connectivity index (χ4v) is 1.34. The molecule has 0 aliphatic rings. The summed E-state index contributed by atoms with van der Waals surface area (Å²) in [6.45, 7) is 0.481. The lowest BCUT2D eigenvalue weighted by molar-refractivity contribution is -0.142. The first-order chi connectivity index (χ1) is 7.22. The van der Waals surface area contributed by atoms with Gasteiger partial charge in [0.15, 0.2) is 0 Å². The Bertz CT molecular complexity index is 311. The van der Waals surface area contributed by atoms with Crippen molar-refractivity contribution in [1.82, 2.24) is 0 Å². The van der Waals surface area contributed by atoms with E-state index in [1.165, 1.54) is 0 Å². The number of nitrogen functional groups attached to an aromatic ring is 1. The monoisotopic (exact) mass is 225 g/mol. The predicted molar refractivity (Wildman–Crippen MR) is 63.9 cm³/mol. The molecule has 82 valence electrons. The number of anilines is 1. The maximum atomic E-state index is 11.3. The molecule has 1 aromatic carbocycles. The number of hydrogen-bond donors (Lipinski definition) is 1. The summed E-state index contributed by atoms with van der Waals surface area (Å²) in [6, 6.07) is 7.24. The number of benzene rings is 1. The summed E-state index contributed by atoms with van der Waals surface area (Å²) < 4.78 is 5.03. The molecule has 0 saturated carbocycles. The minimum atomic E-state index is -0.186. The van der Waals surface area contributed by atoms with Crippen molar-refractivity contribution in [3.05, 3.63) is 29.8 Å². The van der Waals surface area contributed by atoms with Crippen LogP contribution in [0.1, 0.15) is 5.56 Å². The van der Waals surface area contributed by atoms with Gasteiger partial charge in [-0.1, -0.05) is 12.1 Å². The van der Waals surface area contributed by atoms with Gasteiger partial charge in [0.05, 0.1) is 6.42 Å². The van der Waals surface area contributed by atoms with Crippen LogP contribution in [0.4, 0.5) is 5.69 Å². The zero-order chi connectivity index (χ0) is 11.1. The number of ether oxygens (including phenoxy) is 1. The highest BCUT2D eigenvalue weighted by Crippen LogP contribution is 2.06. The van der Waals surface area contributed by atoms with Gasteiger partial charge in [-0.25, -0.2) is 0 Å². The Hall–Kier alpha value is -1.16. The van der Waals surface area contributed by atoms with Gasteiger partial charge in [0.1, 0.15) is 6.61 Å². The molecular formula is C11H15NO2S. The molecule has 0 fully saturated rings. The van der Waals surface area contributed by atoms with Gasteiger partial charge < -0.3 is 10.5 Å². The lowest BCUT2D eigenvalue weighted by Crippen LogP contribution is -2.10. The Labute approximate surface area is 94.0 Å². The summed E-state index contributed by atoms with van der Waals surface area (Å²) in [5.74, 6) is 0.654. The highest BCUT2D eigenvalue weighted by molar-refractivity contribution is 7.98. The molecule has 4 heteroatoms. The van der Waals surface area contributed by atoms with E-state index in [0.717, 1.165) is 11.3 Å². The van der Waals surface area contributed by atoms with Crippen LogP contribution in [0.5, 0.6) is 0 Å². The minimum absolute atomic E-state index is 0.186. The standard InChI is InChI=1S/C11H15NO2S/c1-15-7-6-14-11(13)8-9-2-4-10(12)5-3-9/h2-5H,6-8,12H2,1H3. The molecule has 0 aromatic heterocycles. The first-order valence-corrected chi connectivity index (χ1v) is 6.10. The van der Waals surface area contributed by atoms with Crippen LogP contribution in [0.3, 0.4) is 0 Å². The van der Waals surface area contributed by atoms with Gasteiger partial charge in [-0.05, 0) is 24.0 Å². The van der Waals surface area contributed by atoms with Crippen LogP contribution in [0.2, 0.25) is 0 Å². The fourth-order valence-electron chi connectivity index (χ4n) is 1.09. The predicted octanol–water partition coefficient (Wildman–Crippen LogP) is 1.72. The van der Waals surface area contributed by atoms with E-state index in [1.54, 1.807) is 23.9 Å². The number of nitrogens with two attached hydrogens (primary N) is 1. The van der Waals surface area contributed by atoms with Gasteiger partial charge in [0.2, 0.25) is 0 Å². The molecule has 1 rings (SSSR count). The van der Waals surface area contributed by atoms with Crippen LogP contribution >= 0.6 is 11.8 Å². The van der Waals surface area contributed by atoms with Crippen LogP contribution in [0.25, 0.3) is 0 Å². The second kappa shape index (κ2) is 6.35. The molecule has 1 aromatic rings. The molecule has 2 N–H and O–H groups in total. The van der Waals surface area contributed by atoms with Crippen LogP contribution in [-0.4, -0.2) is 24.6 Å². The van der Waals surface area contributed by atoms with Gasteiger partial charge in [-0.15, -0.1) is 0 Å². The van der Waals surface area contributed by atoms with Crippen LogP contribution in [0.15, 0.2) is 24.3 Å². The molecule has 0 spiro atoms. The van der Waals surface area contributed by atoms with Crippen molar-refractivity contribution in [2.24, 2.45) is 0 Å². The van der Waals surface area contributed by atoms with E-state index in [9.17, 15) is 4.79 Å². The van der Waals surface area contributed by atoms with E-state index in [0.29, 0.717) is 18.7 Å². The number of rotatable bonds is 5. The minimum Gasteiger partial charge on any atom is -0.465 e. The van der Waals surface area contributed by atoms with Gasteiger partial charge in [-0.2, -0.15) is 11.8 Å². The Kier molecular flexibility index (Phi) is 5.04. The average molecular weight is 225 g/mol. The van der Waals surface area contributed by atoms with Crippen molar-refractivity contribution in [3.8, 4) is 0 Å². The van der Waals surface area contributed by atoms with Crippen molar-refractivity contribution in [2.75, 3.05) is 24.3 Å². The Morgan fingerprint density at radius 3 is 2.67 bits per heavy atom. The zero-order valence-corrected chi connectivity index (χ0v) is 9.55. The van der Waals surface area contributed by atoms with Crippen molar-refractivity contribution in [2.45, 2.75) is 6.42 Å². The Morgan fingerprint density at radius 1 is 1.40 bits per heavy atom. The smallest absolute Gasteiger partial charge is 0.310 e. The molecule has 15 heavy (non-hydrogen) atoms. The lowest BCUT2D eigenvalue weighted by Gasteiger charge is -2.03. The van der Waals surface area contributed by atoms with Gasteiger partial charge in [0, 0.05) is 11.4 Å². The molecule has 0 saturated heterocycles. The largest absolute Gasteiger partial charge is 0.465 e. The van der Waals surface area contributed by atoms with Crippen LogP contribution < -0.4 is 5.73 Å². The highest BCUT2D eigenvalue weighted by Gasteiger charge is 2.03. The number of carbonyl (C=O) groups is 1. The summed E-state index contributed by atoms with van der Waals surface area (Å²) in [5, 5.41) is 0. The molecular weight excluding hydrogens is 210 g/mol. The highest BCUT2D eigenvalue weighted by atomic mass is 32.2. The number of carbonyl (C=O) groups excluding carboxylic acids is 1. The Balaban J connectivity index is 2.34. The number of esters is 1. The number of hydrogen-bond acceptors (Lipinski definition) is 4. The maximum absolute atomic E-state index is 11.3. The van der Waals surface area contributed by atoms with Crippen molar-refractivity contribution in [1.29, 1.82) is 0 Å². The molecule has 0 amide bonds. The van der Waals surface area contributed by atoms with Crippen molar-refractivity contribution in [3.63, 3.8) is 0 Å². The summed E-state index contributed by atoms with van der Waals surface area (Å²) >= 11 is 1.66. The topological polar surface area (TPSA) is 52.3 Å². The van der Waals surface area contributed by atoms with E-state index in [4.69, 9.17) is 10.5 Å². The average Bonchev–Trinajstić information content (AvgIpc) is 2.22. The second-order valence-electron chi connectivity index (χ2n) is 3.13. The summed E-state index contributed by atoms with van der Waals surface area (Å²) in [7, 11) is 0. The normalized spacial score (nSPS) is 9.93. The van der Waals surface area contributed by atoms with Crippen LogP contribution in [0, 0.1) is 0 Å². The summed E-state index contributed by atoms with van der Waals surface area (Å²) in [6.07, 6.45) is 2.29. The van der Waals surface area contributed by atoms with Gasteiger partial charge in [-0.3, -0.25) is 4.79 Å². The molecule has 3 nitrogen and oxygen atoms in total. The third-order valence-corrected chi connectivity index (χ3v) is 2.45. The summed E-state index contributed by atoms with van der Waals surface area (Å²) in [5.41, 5.74) is 7.17. The molecule has 0 heterocycles. The molecule has 0 radical (unpaired) electrons. The first kappa shape index (κ1) is 11.9. The molecule has 0 atom stereocenters. The SMILES string of the molecule is CSCCOC(=O)Cc1ccc(N)cc1. The van der Waals surface area contributed by atoms with E-state index >= 15 is 0 Å². The summed E-state index contributed by atoms with van der Waals surface area (Å²) in [4.78, 5) is 11.3. The van der Waals surface area contributed by atoms with Gasteiger partial charge >= 0.3 is 5.97 Å². The quantitative estimate of drug-likeness (QED) is 0.471.